The van der Waals surface area contributed by atoms with E-state index in [0.29, 0.717) is 5.56 Å². The van der Waals surface area contributed by atoms with E-state index in [9.17, 15) is 0 Å². The van der Waals surface area contributed by atoms with Gasteiger partial charge in [0.05, 0.1) is 0 Å². The van der Waals surface area contributed by atoms with E-state index in [1.807, 2.05) is 0 Å². The predicted molar refractivity (Wildman–Crippen MR) is 49.4 cm³/mol. The molecule has 0 fully saturated rings. The summed E-state index contributed by atoms with van der Waals surface area (Å²) in [5.74, 6) is 0.136. The Balaban J connectivity index is 2.96. The van der Waals surface area contributed by atoms with Crippen molar-refractivity contribution in [1.29, 1.82) is 0 Å². The highest BCUT2D eigenvalue weighted by molar-refractivity contribution is 7.80. The zero-order valence-corrected chi connectivity index (χ0v) is 7.38. The van der Waals surface area contributed by atoms with Crippen LogP contribution in [0.5, 0.6) is 5.75 Å². The minimum absolute atomic E-state index is 0.136. The molecule has 0 aliphatic rings. The Morgan fingerprint density at radius 2 is 2.17 bits per heavy atom. The number of hydrogen-bond acceptors (Lipinski definition) is 3. The highest BCUT2D eigenvalue weighted by Crippen LogP contribution is 2.12. The molecule has 3 nitrogen and oxygen atoms in total. The molecule has 1 rings (SSSR count). The van der Waals surface area contributed by atoms with Crippen LogP contribution in [0.25, 0.3) is 0 Å². The van der Waals surface area contributed by atoms with Crippen molar-refractivity contribution in [3.8, 4) is 5.75 Å². The van der Waals surface area contributed by atoms with Crippen LogP contribution in [0.3, 0.4) is 0 Å². The topological polar surface area (TPSA) is 43.7 Å². The highest BCUT2D eigenvalue weighted by atomic mass is 32.1. The van der Waals surface area contributed by atoms with Crippen LogP contribution < -0.4 is 0 Å². The molecular weight excluding hydrogens is 174 g/mol. The fraction of sp³-hybridized carbons (Fsp3) is 0.125. The van der Waals surface area contributed by atoms with Gasteiger partial charge in [0.25, 0.3) is 0 Å². The molecule has 1 aromatic carbocycles. The summed E-state index contributed by atoms with van der Waals surface area (Å²) in [6.07, 6.45) is 0. The van der Waals surface area contributed by atoms with Crippen molar-refractivity contribution in [2.24, 2.45) is 0 Å². The Kier molecular flexibility index (Phi) is 2.62. The van der Waals surface area contributed by atoms with Gasteiger partial charge in [-0.3, -0.25) is 5.21 Å². The molecule has 0 bridgehead atoms. The first-order valence-electron chi connectivity index (χ1n) is 3.37. The zero-order chi connectivity index (χ0) is 9.14. The molecular formula is C8H9NO2S. The molecule has 0 aliphatic heterocycles. The number of nitrogens with zero attached hydrogens (tertiary/aromatic N) is 1. The number of rotatable bonds is 1. The summed E-state index contributed by atoms with van der Waals surface area (Å²) < 4.78 is 0. The maximum Gasteiger partial charge on any atom is 0.133 e. The van der Waals surface area contributed by atoms with Gasteiger partial charge in [-0.2, -0.15) is 0 Å². The molecule has 0 saturated heterocycles. The molecule has 12 heavy (non-hydrogen) atoms. The summed E-state index contributed by atoms with van der Waals surface area (Å²) in [6.45, 7) is 0. The third-order valence-electron chi connectivity index (χ3n) is 1.39. The van der Waals surface area contributed by atoms with Gasteiger partial charge in [-0.05, 0) is 12.1 Å². The van der Waals surface area contributed by atoms with Crippen molar-refractivity contribution >= 4 is 17.2 Å². The second-order valence-corrected chi connectivity index (χ2v) is 2.77. The maximum atomic E-state index is 9.08. The second kappa shape index (κ2) is 3.51. The Morgan fingerprint density at radius 3 is 2.67 bits per heavy atom. The van der Waals surface area contributed by atoms with Crippen molar-refractivity contribution in [2.45, 2.75) is 0 Å². The van der Waals surface area contributed by atoms with E-state index in [2.05, 4.69) is 0 Å². The van der Waals surface area contributed by atoms with Crippen LogP contribution in [0.2, 0.25) is 0 Å². The van der Waals surface area contributed by atoms with E-state index in [-0.39, 0.29) is 10.7 Å². The normalized spacial score (nSPS) is 9.50. The average molecular weight is 183 g/mol. The number of aromatic hydroxyl groups is 1. The van der Waals surface area contributed by atoms with E-state index in [4.69, 9.17) is 22.5 Å². The van der Waals surface area contributed by atoms with Crippen LogP contribution in [0.15, 0.2) is 24.3 Å². The summed E-state index contributed by atoms with van der Waals surface area (Å²) in [7, 11) is 1.44. The standard InChI is InChI=1S/C8H9NO2S/c1-9(11)8(12)6-3-2-4-7(10)5-6/h2-5,10-11H,1H3. The van der Waals surface area contributed by atoms with Gasteiger partial charge in [0.2, 0.25) is 0 Å². The molecule has 0 unspecified atom stereocenters. The monoisotopic (exact) mass is 183 g/mol. The Labute approximate surface area is 75.8 Å². The van der Waals surface area contributed by atoms with Crippen LogP contribution in [0.4, 0.5) is 0 Å². The second-order valence-electron chi connectivity index (χ2n) is 2.38. The van der Waals surface area contributed by atoms with Gasteiger partial charge in [0.15, 0.2) is 0 Å². The van der Waals surface area contributed by atoms with Gasteiger partial charge in [0, 0.05) is 12.6 Å². The fourth-order valence-electron chi connectivity index (χ4n) is 0.826. The van der Waals surface area contributed by atoms with Crippen LogP contribution in [-0.4, -0.2) is 27.4 Å². The van der Waals surface area contributed by atoms with Crippen LogP contribution in [0.1, 0.15) is 5.56 Å². The van der Waals surface area contributed by atoms with E-state index in [0.717, 1.165) is 5.06 Å². The minimum atomic E-state index is 0.136. The minimum Gasteiger partial charge on any atom is -0.508 e. The maximum absolute atomic E-state index is 9.08. The van der Waals surface area contributed by atoms with Gasteiger partial charge in [-0.1, -0.05) is 24.4 Å². The SMILES string of the molecule is CN(O)C(=S)c1cccc(O)c1. The molecule has 0 aromatic heterocycles. The third kappa shape index (κ3) is 1.93. The van der Waals surface area contributed by atoms with Crippen molar-refractivity contribution in [2.75, 3.05) is 7.05 Å². The lowest BCUT2D eigenvalue weighted by atomic mass is 10.2. The van der Waals surface area contributed by atoms with Crippen LogP contribution in [0, 0.1) is 0 Å². The first-order valence-corrected chi connectivity index (χ1v) is 3.78. The molecule has 0 aliphatic carbocycles. The molecule has 0 atom stereocenters. The van der Waals surface area contributed by atoms with Crippen LogP contribution in [-0.2, 0) is 0 Å². The molecule has 1 aromatic rings. The first-order chi connectivity index (χ1) is 5.61. The summed E-state index contributed by atoms with van der Waals surface area (Å²) in [4.78, 5) is 0.283. The van der Waals surface area contributed by atoms with Crippen molar-refractivity contribution < 1.29 is 10.3 Å². The molecule has 0 spiro atoms. The van der Waals surface area contributed by atoms with Gasteiger partial charge >= 0.3 is 0 Å². The fourth-order valence-corrected chi connectivity index (χ4v) is 0.953. The lowest BCUT2D eigenvalue weighted by Crippen LogP contribution is -2.21. The molecule has 64 valence electrons. The van der Waals surface area contributed by atoms with Crippen molar-refractivity contribution in [1.82, 2.24) is 5.06 Å². The molecule has 4 heteroatoms. The number of hydroxylamine groups is 2. The Hall–Kier alpha value is -1.13. The lowest BCUT2D eigenvalue weighted by molar-refractivity contribution is 0.0174. The van der Waals surface area contributed by atoms with Gasteiger partial charge in [0.1, 0.15) is 10.7 Å². The van der Waals surface area contributed by atoms with Gasteiger partial charge in [-0.15, -0.1) is 0 Å². The Morgan fingerprint density at radius 1 is 1.50 bits per heavy atom. The number of benzene rings is 1. The molecule has 0 heterocycles. The van der Waals surface area contributed by atoms with E-state index in [1.165, 1.54) is 13.1 Å². The Bertz CT molecular complexity index is 299. The molecule has 2 N–H and O–H groups in total. The first kappa shape index (κ1) is 8.96. The average Bonchev–Trinajstić information content (AvgIpc) is 2.03. The third-order valence-corrected chi connectivity index (χ3v) is 1.89. The smallest absolute Gasteiger partial charge is 0.133 e. The number of hydrogen-bond donors (Lipinski definition) is 2. The predicted octanol–water partition coefficient (Wildman–Crippen LogP) is 1.39. The largest absolute Gasteiger partial charge is 0.508 e. The van der Waals surface area contributed by atoms with Gasteiger partial charge < -0.3 is 5.11 Å². The summed E-state index contributed by atoms with van der Waals surface area (Å²) in [5.41, 5.74) is 0.620. The number of thiocarbonyl (C=S) groups is 1. The van der Waals surface area contributed by atoms with E-state index in [1.54, 1.807) is 18.2 Å². The van der Waals surface area contributed by atoms with Gasteiger partial charge in [-0.25, -0.2) is 5.06 Å². The van der Waals surface area contributed by atoms with E-state index < -0.39 is 0 Å². The molecule has 0 amide bonds. The van der Waals surface area contributed by atoms with E-state index >= 15 is 0 Å². The summed E-state index contributed by atoms with van der Waals surface area (Å²) >= 11 is 4.87. The highest BCUT2D eigenvalue weighted by Gasteiger charge is 2.04. The summed E-state index contributed by atoms with van der Waals surface area (Å²) in [6, 6.07) is 6.42. The number of phenolic OH excluding ortho intramolecular Hbond substituents is 1. The number of phenols is 1. The van der Waals surface area contributed by atoms with Crippen LogP contribution >= 0.6 is 12.2 Å². The lowest BCUT2D eigenvalue weighted by Gasteiger charge is -2.11. The molecule has 0 saturated carbocycles. The van der Waals surface area contributed by atoms with Crippen molar-refractivity contribution in [3.05, 3.63) is 29.8 Å². The quantitative estimate of drug-likeness (QED) is 0.510. The molecule has 0 radical (unpaired) electrons. The summed E-state index contributed by atoms with van der Waals surface area (Å²) in [5, 5.41) is 18.9. The van der Waals surface area contributed by atoms with Crippen molar-refractivity contribution in [3.63, 3.8) is 0 Å². The zero-order valence-electron chi connectivity index (χ0n) is 6.56.